The van der Waals surface area contributed by atoms with Gasteiger partial charge < -0.3 is 20.4 Å². The molecule has 4 aromatic heterocycles. The molecule has 0 atom stereocenters. The van der Waals surface area contributed by atoms with Crippen LogP contribution in [0.15, 0.2) is 36.9 Å². The average Bonchev–Trinajstić information content (AvgIpc) is 3.38. The first kappa shape index (κ1) is 21.0. The molecule has 0 radical (unpaired) electrons. The fourth-order valence-corrected chi connectivity index (χ4v) is 4.62. The first-order valence-electron chi connectivity index (χ1n) is 11.2. The van der Waals surface area contributed by atoms with Crippen molar-refractivity contribution in [3.63, 3.8) is 0 Å². The summed E-state index contributed by atoms with van der Waals surface area (Å²) in [6.07, 6.45) is 8.33. The summed E-state index contributed by atoms with van der Waals surface area (Å²) in [5, 5.41) is 11.1. The third-order valence-corrected chi connectivity index (χ3v) is 6.70. The van der Waals surface area contributed by atoms with Gasteiger partial charge in [0.15, 0.2) is 0 Å². The summed E-state index contributed by atoms with van der Waals surface area (Å²) in [5.74, 6) is -2.53. The number of hydrogen-bond donors (Lipinski definition) is 3. The second-order valence-electron chi connectivity index (χ2n) is 9.07. The molecule has 11 heteroatoms. The van der Waals surface area contributed by atoms with Crippen LogP contribution in [0, 0.1) is 0 Å². The molecule has 6 rings (SSSR count). The highest BCUT2D eigenvalue weighted by atomic mass is 19.3. The van der Waals surface area contributed by atoms with Crippen LogP contribution >= 0.6 is 0 Å². The van der Waals surface area contributed by atoms with Crippen LogP contribution in [0.5, 0.6) is 0 Å². The van der Waals surface area contributed by atoms with E-state index in [1.54, 1.807) is 24.0 Å². The zero-order chi connectivity index (χ0) is 23.4. The maximum atomic E-state index is 13.1. The molecule has 0 aliphatic heterocycles. The van der Waals surface area contributed by atoms with E-state index in [0.717, 1.165) is 29.4 Å². The second-order valence-corrected chi connectivity index (χ2v) is 9.07. The normalized spacial score (nSPS) is 21.9. The number of aromatic nitrogens is 5. The van der Waals surface area contributed by atoms with Crippen LogP contribution in [-0.4, -0.2) is 61.7 Å². The lowest BCUT2D eigenvalue weighted by Crippen LogP contribution is -2.50. The summed E-state index contributed by atoms with van der Waals surface area (Å²) in [6.45, 7) is 0. The number of amides is 1. The van der Waals surface area contributed by atoms with Crippen LogP contribution in [0.2, 0.25) is 0 Å². The fraction of sp³-hybridized carbons (Fsp3) is 0.391. The molecule has 3 N–H and O–H groups in total. The molecule has 4 heterocycles. The van der Waals surface area contributed by atoms with Gasteiger partial charge in [-0.1, -0.05) is 0 Å². The van der Waals surface area contributed by atoms with Crippen molar-refractivity contribution in [1.82, 2.24) is 29.9 Å². The average molecular weight is 467 g/mol. The largest absolute Gasteiger partial charge is 0.381 e. The van der Waals surface area contributed by atoms with E-state index in [4.69, 9.17) is 4.74 Å². The zero-order valence-electron chi connectivity index (χ0n) is 18.4. The van der Waals surface area contributed by atoms with E-state index >= 15 is 0 Å². The highest BCUT2D eigenvalue weighted by Crippen LogP contribution is 2.37. The monoisotopic (exact) mass is 467 g/mol. The van der Waals surface area contributed by atoms with Gasteiger partial charge in [-0.2, -0.15) is 10.1 Å². The lowest BCUT2D eigenvalue weighted by molar-refractivity contribution is -0.0901. The van der Waals surface area contributed by atoms with Crippen LogP contribution in [0.1, 0.15) is 36.0 Å². The smallest absolute Gasteiger partial charge is 0.255 e. The Bertz CT molecular complexity index is 1380. The quantitative estimate of drug-likeness (QED) is 0.401. The molecule has 0 bridgehead atoms. The fourth-order valence-electron chi connectivity index (χ4n) is 4.62. The second kappa shape index (κ2) is 7.73. The van der Waals surface area contributed by atoms with E-state index in [-0.39, 0.29) is 12.8 Å². The summed E-state index contributed by atoms with van der Waals surface area (Å²) >= 11 is 0. The molecule has 2 aliphatic carbocycles. The molecule has 2 fully saturated rings. The lowest BCUT2D eigenvalue weighted by atomic mass is 9.88. The van der Waals surface area contributed by atoms with Gasteiger partial charge >= 0.3 is 0 Å². The number of fused-ring (bicyclic) bond motifs is 2. The van der Waals surface area contributed by atoms with Crippen LogP contribution in [-0.2, 0) is 4.74 Å². The molecule has 0 unspecified atom stereocenters. The van der Waals surface area contributed by atoms with Crippen molar-refractivity contribution >= 4 is 28.4 Å². The number of halogens is 2. The molecule has 4 aromatic rings. The number of methoxy groups -OCH3 is 1. The summed E-state index contributed by atoms with van der Waals surface area (Å²) in [4.78, 5) is 24.9. The van der Waals surface area contributed by atoms with Crippen molar-refractivity contribution in [2.75, 3.05) is 12.4 Å². The maximum Gasteiger partial charge on any atom is 0.255 e. The van der Waals surface area contributed by atoms with Gasteiger partial charge in [-0.05, 0) is 30.5 Å². The van der Waals surface area contributed by atoms with E-state index in [0.29, 0.717) is 34.8 Å². The third-order valence-electron chi connectivity index (χ3n) is 6.70. The Balaban J connectivity index is 1.24. The number of aromatic amines is 1. The van der Waals surface area contributed by atoms with Crippen LogP contribution in [0.3, 0.4) is 0 Å². The molecule has 0 spiro atoms. The molecule has 2 aliphatic rings. The first-order valence-corrected chi connectivity index (χ1v) is 11.2. The van der Waals surface area contributed by atoms with E-state index in [9.17, 15) is 13.6 Å². The minimum absolute atomic E-state index is 0.290. The Morgan fingerprint density at radius 1 is 1.26 bits per heavy atom. The third kappa shape index (κ3) is 3.65. The molecule has 0 aromatic carbocycles. The van der Waals surface area contributed by atoms with Gasteiger partial charge in [-0.15, -0.1) is 0 Å². The van der Waals surface area contributed by atoms with Gasteiger partial charge in [0, 0.05) is 61.6 Å². The number of carbonyl (C=O) groups excluding carboxylic acids is 1. The SMILES string of the molecule is COC1CC(Nc2ncc3c(-c4ccn5ncc(C(=O)NC6CC(F)(F)C6)c5c4)c[nH]c3n2)C1. The van der Waals surface area contributed by atoms with Gasteiger partial charge in [-0.3, -0.25) is 4.79 Å². The Morgan fingerprint density at radius 2 is 2.09 bits per heavy atom. The predicted octanol–water partition coefficient (Wildman–Crippen LogP) is 3.39. The van der Waals surface area contributed by atoms with E-state index in [2.05, 4.69) is 30.7 Å². The van der Waals surface area contributed by atoms with E-state index in [1.807, 2.05) is 18.3 Å². The van der Waals surface area contributed by atoms with Crippen LogP contribution in [0.25, 0.3) is 27.7 Å². The van der Waals surface area contributed by atoms with Crippen molar-refractivity contribution < 1.29 is 18.3 Å². The molecule has 2 saturated carbocycles. The molecular formula is C23H23F2N7O2. The van der Waals surface area contributed by atoms with Crippen molar-refractivity contribution in [3.05, 3.63) is 42.5 Å². The van der Waals surface area contributed by atoms with E-state index < -0.39 is 17.9 Å². The lowest BCUT2D eigenvalue weighted by Gasteiger charge is -2.35. The minimum atomic E-state index is -2.69. The van der Waals surface area contributed by atoms with Gasteiger partial charge in [0.05, 0.1) is 23.4 Å². The topological polar surface area (TPSA) is 109 Å². The number of rotatable bonds is 6. The minimum Gasteiger partial charge on any atom is -0.381 e. The summed E-state index contributed by atoms with van der Waals surface area (Å²) in [5.41, 5.74) is 3.38. The molecule has 34 heavy (non-hydrogen) atoms. The Labute approximate surface area is 192 Å². The highest BCUT2D eigenvalue weighted by molar-refractivity contribution is 6.02. The number of anilines is 1. The molecule has 9 nitrogen and oxygen atoms in total. The van der Waals surface area contributed by atoms with Crippen LogP contribution in [0.4, 0.5) is 14.7 Å². The molecule has 176 valence electrons. The van der Waals surface area contributed by atoms with Crippen molar-refractivity contribution in [2.45, 2.75) is 49.8 Å². The number of H-pyrrole nitrogens is 1. The standard InChI is InChI=1S/C23H23F2N7O2/c1-34-15-5-13(6-15)30-22-27-10-17-16(9-26-20(17)31-22)12-2-3-32-19(4-12)18(11-28-32)21(33)29-14-7-23(24,25)8-14/h2-4,9-11,13-15H,5-8H2,1H3,(H,29,33)(H2,26,27,30,31). The van der Waals surface area contributed by atoms with Crippen molar-refractivity contribution in [1.29, 1.82) is 0 Å². The van der Waals surface area contributed by atoms with Gasteiger partial charge in [0.25, 0.3) is 11.8 Å². The molecule has 0 saturated heterocycles. The van der Waals surface area contributed by atoms with E-state index in [1.165, 1.54) is 6.20 Å². The number of pyridine rings is 1. The number of hydrogen-bond acceptors (Lipinski definition) is 6. The van der Waals surface area contributed by atoms with Crippen molar-refractivity contribution in [2.24, 2.45) is 0 Å². The number of carbonyl (C=O) groups is 1. The summed E-state index contributed by atoms with van der Waals surface area (Å²) in [6, 6.07) is 3.53. The van der Waals surface area contributed by atoms with Crippen molar-refractivity contribution in [3.8, 4) is 11.1 Å². The number of nitrogens with one attached hydrogen (secondary N) is 3. The number of ether oxygens (including phenoxy) is 1. The molecular weight excluding hydrogens is 444 g/mol. The Morgan fingerprint density at radius 3 is 2.85 bits per heavy atom. The zero-order valence-corrected chi connectivity index (χ0v) is 18.4. The van der Waals surface area contributed by atoms with Gasteiger partial charge in [-0.25, -0.2) is 18.3 Å². The van der Waals surface area contributed by atoms with Gasteiger partial charge in [0.1, 0.15) is 5.65 Å². The Hall–Kier alpha value is -3.60. The van der Waals surface area contributed by atoms with Crippen LogP contribution < -0.4 is 10.6 Å². The maximum absolute atomic E-state index is 13.1. The number of alkyl halides is 2. The number of nitrogens with zero attached hydrogens (tertiary/aromatic N) is 4. The predicted molar refractivity (Wildman–Crippen MR) is 121 cm³/mol. The van der Waals surface area contributed by atoms with Gasteiger partial charge in [0.2, 0.25) is 5.95 Å². The summed E-state index contributed by atoms with van der Waals surface area (Å²) in [7, 11) is 1.72. The summed E-state index contributed by atoms with van der Waals surface area (Å²) < 4.78 is 33.1. The molecule has 1 amide bonds. The Kier molecular flexibility index (Phi) is 4.76. The highest BCUT2D eigenvalue weighted by Gasteiger charge is 2.46. The first-order chi connectivity index (χ1) is 16.4.